The second-order valence-electron chi connectivity index (χ2n) is 7.48. The molecule has 1 aromatic rings. The number of aryl methyl sites for hydroxylation is 1. The van der Waals surface area contributed by atoms with E-state index in [1.165, 1.54) is 0 Å². The third-order valence-electron chi connectivity index (χ3n) is 3.52. The van der Waals surface area contributed by atoms with Gasteiger partial charge in [0, 0.05) is 6.61 Å². The number of carbonyl (C=O) groups is 1. The van der Waals surface area contributed by atoms with Crippen molar-refractivity contribution < 1.29 is 17.9 Å². The van der Waals surface area contributed by atoms with Gasteiger partial charge in [-0.05, 0) is 35.4 Å². The van der Waals surface area contributed by atoms with Crippen LogP contribution in [0, 0.1) is 12.8 Å². The van der Waals surface area contributed by atoms with Gasteiger partial charge in [0.15, 0.2) is 0 Å². The van der Waals surface area contributed by atoms with Gasteiger partial charge in [0.25, 0.3) is 10.0 Å². The van der Waals surface area contributed by atoms with Crippen LogP contribution in [0.1, 0.15) is 52.2 Å². The largest absolute Gasteiger partial charge is 0.381 e. The van der Waals surface area contributed by atoms with Gasteiger partial charge in [-0.1, -0.05) is 46.8 Å². The standard InChI is InChI=1S/C18H29NO4S/c1-13(2)12-23-10-9-17(20)19-24(21,22)16-11-15(18(4,5)6)8-7-14(16)3/h7-8,11,13H,9-10,12H2,1-6H3,(H,19,20). The fourth-order valence-corrected chi connectivity index (χ4v) is 3.38. The molecule has 1 aromatic carbocycles. The Kier molecular flexibility index (Phi) is 6.98. The summed E-state index contributed by atoms with van der Waals surface area (Å²) in [5.41, 5.74) is 1.34. The summed E-state index contributed by atoms with van der Waals surface area (Å²) >= 11 is 0. The molecule has 0 aliphatic rings. The number of carbonyl (C=O) groups excluding carboxylic acids is 1. The first-order valence-electron chi connectivity index (χ1n) is 8.18. The van der Waals surface area contributed by atoms with Gasteiger partial charge in [-0.25, -0.2) is 13.1 Å². The Hall–Kier alpha value is -1.40. The summed E-state index contributed by atoms with van der Waals surface area (Å²) in [5.74, 6) is -0.182. The molecule has 0 aliphatic carbocycles. The minimum absolute atomic E-state index is 0.0178. The molecule has 24 heavy (non-hydrogen) atoms. The fraction of sp³-hybridized carbons (Fsp3) is 0.611. The summed E-state index contributed by atoms with van der Waals surface area (Å²) < 4.78 is 32.5. The number of nitrogens with one attached hydrogen (secondary N) is 1. The zero-order valence-corrected chi connectivity index (χ0v) is 16.3. The maximum Gasteiger partial charge on any atom is 0.264 e. The minimum Gasteiger partial charge on any atom is -0.381 e. The van der Waals surface area contributed by atoms with E-state index >= 15 is 0 Å². The van der Waals surface area contributed by atoms with Gasteiger partial charge in [0.2, 0.25) is 5.91 Å². The molecule has 1 rings (SSSR count). The van der Waals surface area contributed by atoms with E-state index in [1.807, 2.05) is 40.7 Å². The molecule has 0 radical (unpaired) electrons. The van der Waals surface area contributed by atoms with E-state index in [-0.39, 0.29) is 23.3 Å². The lowest BCUT2D eigenvalue weighted by atomic mass is 9.87. The van der Waals surface area contributed by atoms with Crippen molar-refractivity contribution in [2.45, 2.75) is 58.3 Å². The molecule has 136 valence electrons. The minimum atomic E-state index is -3.88. The Morgan fingerprint density at radius 2 is 1.88 bits per heavy atom. The van der Waals surface area contributed by atoms with Crippen LogP contribution in [0.4, 0.5) is 0 Å². The van der Waals surface area contributed by atoms with Crippen LogP contribution in [0.25, 0.3) is 0 Å². The maximum absolute atomic E-state index is 12.5. The lowest BCUT2D eigenvalue weighted by molar-refractivity contribution is -0.120. The Morgan fingerprint density at radius 3 is 2.42 bits per heavy atom. The number of hydrogen-bond donors (Lipinski definition) is 1. The fourth-order valence-electron chi connectivity index (χ4n) is 2.10. The molecule has 5 nitrogen and oxygen atoms in total. The SMILES string of the molecule is Cc1ccc(C(C)(C)C)cc1S(=O)(=O)NC(=O)CCOCC(C)C. The molecule has 0 aromatic heterocycles. The summed E-state index contributed by atoms with van der Waals surface area (Å²) in [5, 5.41) is 0. The number of hydrogen-bond acceptors (Lipinski definition) is 4. The lowest BCUT2D eigenvalue weighted by Gasteiger charge is -2.20. The van der Waals surface area contributed by atoms with Gasteiger partial charge in [0.1, 0.15) is 0 Å². The number of sulfonamides is 1. The van der Waals surface area contributed by atoms with Gasteiger partial charge >= 0.3 is 0 Å². The average molecular weight is 356 g/mol. The number of amides is 1. The van der Waals surface area contributed by atoms with E-state index in [1.54, 1.807) is 19.1 Å². The summed E-state index contributed by atoms with van der Waals surface area (Å²) in [6, 6.07) is 5.32. The van der Waals surface area contributed by atoms with Crippen molar-refractivity contribution in [3.63, 3.8) is 0 Å². The first-order chi connectivity index (χ1) is 10.9. The molecule has 0 saturated carbocycles. The molecule has 0 bridgehead atoms. The quantitative estimate of drug-likeness (QED) is 0.763. The van der Waals surface area contributed by atoms with E-state index < -0.39 is 15.9 Å². The van der Waals surface area contributed by atoms with Gasteiger partial charge in [-0.15, -0.1) is 0 Å². The first kappa shape index (κ1) is 20.6. The smallest absolute Gasteiger partial charge is 0.264 e. The van der Waals surface area contributed by atoms with Crippen molar-refractivity contribution in [1.29, 1.82) is 0 Å². The Balaban J connectivity index is 2.83. The van der Waals surface area contributed by atoms with Crippen LogP contribution < -0.4 is 4.72 Å². The van der Waals surface area contributed by atoms with Crippen LogP contribution in [-0.4, -0.2) is 27.5 Å². The molecular weight excluding hydrogens is 326 g/mol. The number of rotatable bonds is 7. The second kappa shape index (κ2) is 8.12. The van der Waals surface area contributed by atoms with Crippen LogP contribution in [-0.2, 0) is 25.0 Å². The molecule has 1 amide bonds. The van der Waals surface area contributed by atoms with Crippen molar-refractivity contribution in [2.75, 3.05) is 13.2 Å². The van der Waals surface area contributed by atoms with Gasteiger partial charge in [-0.2, -0.15) is 0 Å². The van der Waals surface area contributed by atoms with Crippen molar-refractivity contribution in [1.82, 2.24) is 4.72 Å². The highest BCUT2D eigenvalue weighted by molar-refractivity contribution is 7.90. The molecule has 6 heteroatoms. The maximum atomic E-state index is 12.5. The van der Waals surface area contributed by atoms with Crippen LogP contribution >= 0.6 is 0 Å². The van der Waals surface area contributed by atoms with Crippen LogP contribution in [0.3, 0.4) is 0 Å². The van der Waals surface area contributed by atoms with Crippen molar-refractivity contribution in [3.05, 3.63) is 29.3 Å². The van der Waals surface area contributed by atoms with Crippen molar-refractivity contribution >= 4 is 15.9 Å². The number of ether oxygens (including phenoxy) is 1. The van der Waals surface area contributed by atoms with E-state index in [0.717, 1.165) is 5.56 Å². The summed E-state index contributed by atoms with van der Waals surface area (Å²) in [6.07, 6.45) is 0.0178. The average Bonchev–Trinajstić information content (AvgIpc) is 2.41. The highest BCUT2D eigenvalue weighted by atomic mass is 32.2. The van der Waals surface area contributed by atoms with Crippen molar-refractivity contribution in [3.8, 4) is 0 Å². The Morgan fingerprint density at radius 1 is 1.25 bits per heavy atom. The predicted molar refractivity (Wildman–Crippen MR) is 95.5 cm³/mol. The monoisotopic (exact) mass is 355 g/mol. The summed E-state index contributed by atoms with van der Waals surface area (Å²) in [7, 11) is -3.88. The number of benzene rings is 1. The zero-order chi connectivity index (χ0) is 18.5. The molecule has 0 spiro atoms. The van der Waals surface area contributed by atoms with Crippen molar-refractivity contribution in [2.24, 2.45) is 5.92 Å². The van der Waals surface area contributed by atoms with Crippen LogP contribution in [0.15, 0.2) is 23.1 Å². The highest BCUT2D eigenvalue weighted by Gasteiger charge is 2.23. The molecular formula is C18H29NO4S. The lowest BCUT2D eigenvalue weighted by Crippen LogP contribution is -2.32. The van der Waals surface area contributed by atoms with Gasteiger partial charge in [-0.3, -0.25) is 4.79 Å². The summed E-state index contributed by atoms with van der Waals surface area (Å²) in [6.45, 7) is 12.5. The first-order valence-corrected chi connectivity index (χ1v) is 9.66. The second-order valence-corrected chi connectivity index (χ2v) is 9.13. The van der Waals surface area contributed by atoms with Gasteiger partial charge < -0.3 is 4.74 Å². The van der Waals surface area contributed by atoms with E-state index in [0.29, 0.717) is 18.1 Å². The molecule has 0 heterocycles. The molecule has 0 unspecified atom stereocenters. The molecule has 0 saturated heterocycles. The highest BCUT2D eigenvalue weighted by Crippen LogP contribution is 2.26. The van der Waals surface area contributed by atoms with Crippen LogP contribution in [0.5, 0.6) is 0 Å². The van der Waals surface area contributed by atoms with E-state index in [9.17, 15) is 13.2 Å². The summed E-state index contributed by atoms with van der Waals surface area (Å²) in [4.78, 5) is 12.0. The predicted octanol–water partition coefficient (Wildman–Crippen LogP) is 3.16. The van der Waals surface area contributed by atoms with Gasteiger partial charge in [0.05, 0.1) is 17.9 Å². The Bertz CT molecular complexity index is 673. The van der Waals surface area contributed by atoms with E-state index in [4.69, 9.17) is 4.74 Å². The third-order valence-corrected chi connectivity index (χ3v) is 5.03. The normalized spacial score (nSPS) is 12.5. The Labute approximate surface area is 145 Å². The topological polar surface area (TPSA) is 72.5 Å². The third kappa shape index (κ3) is 6.24. The molecule has 1 N–H and O–H groups in total. The van der Waals surface area contributed by atoms with E-state index in [2.05, 4.69) is 4.72 Å². The molecule has 0 fully saturated rings. The zero-order valence-electron chi connectivity index (χ0n) is 15.5. The molecule has 0 aliphatic heterocycles. The van der Waals surface area contributed by atoms with Crippen LogP contribution in [0.2, 0.25) is 0 Å². The molecule has 0 atom stereocenters.